The Morgan fingerprint density at radius 2 is 0.750 bits per heavy atom. The van der Waals surface area contributed by atoms with Crippen molar-refractivity contribution in [2.45, 2.75) is 80.1 Å². The molecule has 1 aliphatic rings. The Bertz CT molecular complexity index is 2780. The Morgan fingerprint density at radius 3 is 1.23 bits per heavy atom. The fraction of sp³-hybridized carbons (Fsp3) is 0.231. The van der Waals surface area contributed by atoms with Gasteiger partial charge in [0.25, 0.3) is 0 Å². The molecule has 256 valence electrons. The monoisotopic (exact) mass is 672 g/mol. The van der Waals surface area contributed by atoms with Gasteiger partial charge in [-0.1, -0.05) is 133 Å². The van der Waals surface area contributed by atoms with E-state index in [1.165, 1.54) is 121 Å². The van der Waals surface area contributed by atoms with E-state index in [1.807, 2.05) is 0 Å². The summed E-state index contributed by atoms with van der Waals surface area (Å²) in [6.07, 6.45) is 0. The second-order valence-corrected chi connectivity index (χ2v) is 17.6. The van der Waals surface area contributed by atoms with Gasteiger partial charge in [-0.25, -0.2) is 0 Å². The van der Waals surface area contributed by atoms with E-state index < -0.39 is 0 Å². The standard InChI is InChI=1S/C52H48/c1-29-22-34(51(5,6)7)23-30(2)46(29)49-38-18-13-14-19-39(38)50(47-31(3)24-35(25-32(47)4)52(8,9)10)45-28-42-41(27-44(45)49)40-21-15-20-37-36-17-12-11-16-33(36)26-43(42)48(37)40/h11-28H,1-10H3. The lowest BCUT2D eigenvalue weighted by molar-refractivity contribution is 0.589. The van der Waals surface area contributed by atoms with Gasteiger partial charge in [0.2, 0.25) is 0 Å². The van der Waals surface area contributed by atoms with Crippen LogP contribution in [-0.4, -0.2) is 0 Å². The Labute approximate surface area is 309 Å². The molecule has 52 heavy (non-hydrogen) atoms. The molecule has 0 nitrogen and oxygen atoms in total. The molecule has 8 aromatic rings. The lowest BCUT2D eigenvalue weighted by Crippen LogP contribution is -2.12. The van der Waals surface area contributed by atoms with Crippen LogP contribution >= 0.6 is 0 Å². The summed E-state index contributed by atoms with van der Waals surface area (Å²) >= 11 is 0. The van der Waals surface area contributed by atoms with Gasteiger partial charge in [-0.2, -0.15) is 0 Å². The molecule has 0 saturated heterocycles. The third kappa shape index (κ3) is 4.73. The predicted molar refractivity (Wildman–Crippen MR) is 228 cm³/mol. The summed E-state index contributed by atoms with van der Waals surface area (Å²) in [6.45, 7) is 23.2. The van der Waals surface area contributed by atoms with E-state index in [0.717, 1.165) is 0 Å². The first kappa shape index (κ1) is 32.7. The van der Waals surface area contributed by atoms with Gasteiger partial charge >= 0.3 is 0 Å². The molecule has 0 spiro atoms. The predicted octanol–water partition coefficient (Wildman–Crippen LogP) is 15.1. The summed E-state index contributed by atoms with van der Waals surface area (Å²) in [4.78, 5) is 0. The number of aryl methyl sites for hydroxylation is 4. The summed E-state index contributed by atoms with van der Waals surface area (Å²) in [6, 6.07) is 42.3. The third-order valence-electron chi connectivity index (χ3n) is 11.9. The Balaban J connectivity index is 1.48. The fourth-order valence-electron chi connectivity index (χ4n) is 9.39. The Kier molecular flexibility index (Phi) is 7.01. The molecule has 0 radical (unpaired) electrons. The van der Waals surface area contributed by atoms with Gasteiger partial charge in [0, 0.05) is 0 Å². The molecule has 0 aliphatic heterocycles. The third-order valence-corrected chi connectivity index (χ3v) is 11.9. The second kappa shape index (κ2) is 11.1. The lowest BCUT2D eigenvalue weighted by atomic mass is 9.77. The zero-order chi connectivity index (χ0) is 36.4. The van der Waals surface area contributed by atoms with E-state index in [2.05, 4.69) is 178 Å². The van der Waals surface area contributed by atoms with Gasteiger partial charge in [0.15, 0.2) is 0 Å². The van der Waals surface area contributed by atoms with Crippen molar-refractivity contribution in [2.24, 2.45) is 0 Å². The van der Waals surface area contributed by atoms with Crippen LogP contribution in [-0.2, 0) is 10.8 Å². The highest BCUT2D eigenvalue weighted by Gasteiger charge is 2.28. The molecule has 0 unspecified atom stereocenters. The first-order valence-electron chi connectivity index (χ1n) is 18.9. The summed E-state index contributed by atoms with van der Waals surface area (Å²) < 4.78 is 0. The van der Waals surface area contributed by atoms with E-state index in [9.17, 15) is 0 Å². The molecule has 0 fully saturated rings. The average molecular weight is 673 g/mol. The van der Waals surface area contributed by atoms with Crippen LogP contribution in [0.5, 0.6) is 0 Å². The number of rotatable bonds is 2. The van der Waals surface area contributed by atoms with E-state index in [-0.39, 0.29) is 10.8 Å². The van der Waals surface area contributed by atoms with Crippen LogP contribution in [0.15, 0.2) is 109 Å². The molecule has 0 amide bonds. The van der Waals surface area contributed by atoms with Crippen molar-refractivity contribution in [3.8, 4) is 44.5 Å². The van der Waals surface area contributed by atoms with Crippen molar-refractivity contribution in [3.63, 3.8) is 0 Å². The zero-order valence-electron chi connectivity index (χ0n) is 32.4. The maximum absolute atomic E-state index is 2.56. The molecule has 9 rings (SSSR count). The first-order valence-corrected chi connectivity index (χ1v) is 18.9. The second-order valence-electron chi connectivity index (χ2n) is 17.6. The number of hydrogen-bond donors (Lipinski definition) is 0. The molecule has 0 saturated carbocycles. The number of benzene rings is 8. The molecule has 0 bridgehead atoms. The van der Waals surface area contributed by atoms with Crippen LogP contribution < -0.4 is 0 Å². The van der Waals surface area contributed by atoms with Crippen LogP contribution in [0.4, 0.5) is 0 Å². The smallest absolute Gasteiger partial charge is 0.00199 e. The molecule has 0 atom stereocenters. The fourth-order valence-corrected chi connectivity index (χ4v) is 9.39. The first-order chi connectivity index (χ1) is 24.7. The molecule has 0 heterocycles. The molecule has 8 aromatic carbocycles. The topological polar surface area (TPSA) is 0 Å². The van der Waals surface area contributed by atoms with Crippen LogP contribution in [0.25, 0.3) is 87.6 Å². The summed E-state index contributed by atoms with van der Waals surface area (Å²) in [5.74, 6) is 0. The molecule has 1 aliphatic carbocycles. The maximum atomic E-state index is 2.56. The van der Waals surface area contributed by atoms with Gasteiger partial charge in [-0.05, 0) is 178 Å². The van der Waals surface area contributed by atoms with Crippen LogP contribution in [0.2, 0.25) is 0 Å². The lowest BCUT2D eigenvalue weighted by Gasteiger charge is -2.26. The van der Waals surface area contributed by atoms with Crippen molar-refractivity contribution in [1.29, 1.82) is 0 Å². The Hall–Kier alpha value is -5.20. The van der Waals surface area contributed by atoms with E-state index in [1.54, 1.807) is 0 Å². The van der Waals surface area contributed by atoms with Crippen LogP contribution in [0.1, 0.15) is 74.9 Å². The molecule has 0 heteroatoms. The van der Waals surface area contributed by atoms with E-state index in [0.29, 0.717) is 0 Å². The minimum absolute atomic E-state index is 0.0738. The quantitative estimate of drug-likeness (QED) is 0.127. The Morgan fingerprint density at radius 1 is 0.327 bits per heavy atom. The summed E-state index contributed by atoms with van der Waals surface area (Å²) in [5, 5.41) is 10.6. The summed E-state index contributed by atoms with van der Waals surface area (Å²) in [5.41, 5.74) is 19.0. The molecular weight excluding hydrogens is 625 g/mol. The molecule has 0 N–H and O–H groups in total. The van der Waals surface area contributed by atoms with Crippen molar-refractivity contribution in [1.82, 2.24) is 0 Å². The highest BCUT2D eigenvalue weighted by atomic mass is 14.3. The SMILES string of the molecule is Cc1cc(C(C)(C)C)cc(C)c1-c1c2ccccc2c(-c2c(C)cc(C(C)(C)C)cc2C)c2cc3c(cc12)-c1cccc2c1c-3cc1ccccc12. The number of fused-ring (bicyclic) bond motifs is 7. The van der Waals surface area contributed by atoms with E-state index in [4.69, 9.17) is 0 Å². The van der Waals surface area contributed by atoms with Gasteiger partial charge in [-0.15, -0.1) is 0 Å². The van der Waals surface area contributed by atoms with Gasteiger partial charge in [0.1, 0.15) is 0 Å². The van der Waals surface area contributed by atoms with E-state index >= 15 is 0 Å². The largest absolute Gasteiger partial charge is 0.0616 e. The average Bonchev–Trinajstić information content (AvgIpc) is 3.39. The van der Waals surface area contributed by atoms with Crippen molar-refractivity contribution in [2.75, 3.05) is 0 Å². The molecular formula is C52H48. The van der Waals surface area contributed by atoms with Crippen molar-refractivity contribution in [3.05, 3.63) is 143 Å². The van der Waals surface area contributed by atoms with Crippen LogP contribution in [0.3, 0.4) is 0 Å². The van der Waals surface area contributed by atoms with Crippen molar-refractivity contribution >= 4 is 43.1 Å². The minimum atomic E-state index is 0.0738. The number of hydrogen-bond acceptors (Lipinski definition) is 0. The molecule has 0 aromatic heterocycles. The van der Waals surface area contributed by atoms with Crippen LogP contribution in [0, 0.1) is 27.7 Å². The normalized spacial score (nSPS) is 12.8. The highest BCUT2D eigenvalue weighted by Crippen LogP contribution is 2.54. The minimum Gasteiger partial charge on any atom is -0.0616 e. The van der Waals surface area contributed by atoms with Gasteiger partial charge in [-0.3, -0.25) is 0 Å². The zero-order valence-corrected chi connectivity index (χ0v) is 32.4. The van der Waals surface area contributed by atoms with Gasteiger partial charge < -0.3 is 0 Å². The maximum Gasteiger partial charge on any atom is -0.00199 e. The van der Waals surface area contributed by atoms with Crippen molar-refractivity contribution < 1.29 is 0 Å². The van der Waals surface area contributed by atoms with Gasteiger partial charge in [0.05, 0.1) is 0 Å². The summed E-state index contributed by atoms with van der Waals surface area (Å²) in [7, 11) is 0. The highest BCUT2D eigenvalue weighted by molar-refractivity contribution is 6.28.